The molecule has 8 rings (SSSR count). The van der Waals surface area contributed by atoms with E-state index in [9.17, 15) is 15.8 Å². The monoisotopic (exact) mass is 669 g/mol. The normalized spacial score (nSPS) is 17.9. The Morgan fingerprint density at radius 1 is 0.712 bits per heavy atom. The fourth-order valence-corrected chi connectivity index (χ4v) is 8.00. The molecule has 6 aromatic rings. The standard InChI is InChI=1S/C47H35N5/c1-2-36-17-5-3-4-13-33-14-6-8-22-43(33)51(36)37-18-10-15-34(28-37)38-20-12-21-39(42(38)31-50)40-19-7-9-23-44(40)52-45-26-25-32(29-48)27-41(45)47-35(30-49)16-11-24-46(47)52/h3-12,14-17,19-28,36-37H,2,13,18H2,1H3/b4-3-,17-5-. The zero-order valence-electron chi connectivity index (χ0n) is 28.9. The quantitative estimate of drug-likeness (QED) is 0.183. The molecule has 248 valence electrons. The first-order valence-corrected chi connectivity index (χ1v) is 17.7. The van der Waals surface area contributed by atoms with Crippen LogP contribution < -0.4 is 4.90 Å². The molecular formula is C47H35N5. The van der Waals surface area contributed by atoms with Gasteiger partial charge in [-0.05, 0) is 78.4 Å². The van der Waals surface area contributed by atoms with E-state index in [1.807, 2.05) is 60.7 Å². The van der Waals surface area contributed by atoms with E-state index in [-0.39, 0.29) is 12.1 Å². The van der Waals surface area contributed by atoms with E-state index in [1.165, 1.54) is 11.3 Å². The number of allylic oxidation sites excluding steroid dienone is 5. The van der Waals surface area contributed by atoms with Crippen molar-refractivity contribution in [3.8, 4) is 35.0 Å². The number of nitriles is 3. The largest absolute Gasteiger partial charge is 0.358 e. The number of para-hydroxylation sites is 2. The maximum atomic E-state index is 10.9. The Bertz CT molecular complexity index is 2630. The van der Waals surface area contributed by atoms with Crippen molar-refractivity contribution in [2.75, 3.05) is 4.90 Å². The molecule has 5 aromatic carbocycles. The Morgan fingerprint density at radius 3 is 2.33 bits per heavy atom. The highest BCUT2D eigenvalue weighted by molar-refractivity contribution is 6.12. The summed E-state index contributed by atoms with van der Waals surface area (Å²) in [5, 5.41) is 32.4. The average molecular weight is 670 g/mol. The molecule has 0 fully saturated rings. The topological polar surface area (TPSA) is 79.5 Å². The molecule has 52 heavy (non-hydrogen) atoms. The van der Waals surface area contributed by atoms with Crippen LogP contribution in [0.4, 0.5) is 5.69 Å². The van der Waals surface area contributed by atoms with Crippen LogP contribution in [0.5, 0.6) is 0 Å². The summed E-state index contributed by atoms with van der Waals surface area (Å²) in [7, 11) is 0. The van der Waals surface area contributed by atoms with E-state index in [0.717, 1.165) is 69.0 Å². The van der Waals surface area contributed by atoms with Crippen LogP contribution in [0.3, 0.4) is 0 Å². The van der Waals surface area contributed by atoms with Gasteiger partial charge in [0.25, 0.3) is 0 Å². The second-order valence-electron chi connectivity index (χ2n) is 13.2. The molecule has 1 aromatic heterocycles. The summed E-state index contributed by atoms with van der Waals surface area (Å²) in [4.78, 5) is 2.56. The molecule has 0 amide bonds. The van der Waals surface area contributed by atoms with E-state index >= 15 is 0 Å². The minimum atomic E-state index is 0.0987. The van der Waals surface area contributed by atoms with Crippen molar-refractivity contribution in [2.24, 2.45) is 0 Å². The van der Waals surface area contributed by atoms with Crippen LogP contribution in [0.25, 0.3) is 44.2 Å². The average Bonchev–Trinajstić information content (AvgIpc) is 3.57. The molecule has 0 N–H and O–H groups in total. The summed E-state index contributed by atoms with van der Waals surface area (Å²) in [6.07, 6.45) is 18.3. The number of hydrogen-bond donors (Lipinski definition) is 0. The lowest BCUT2D eigenvalue weighted by atomic mass is 9.88. The zero-order chi connectivity index (χ0) is 35.6. The highest BCUT2D eigenvalue weighted by atomic mass is 15.2. The Kier molecular flexibility index (Phi) is 8.58. The number of benzene rings is 5. The van der Waals surface area contributed by atoms with E-state index in [4.69, 9.17) is 0 Å². The number of anilines is 1. The molecule has 2 heterocycles. The van der Waals surface area contributed by atoms with Crippen LogP contribution in [-0.2, 0) is 6.42 Å². The summed E-state index contributed by atoms with van der Waals surface area (Å²) in [6.45, 7) is 2.24. The highest BCUT2D eigenvalue weighted by Gasteiger charge is 2.27. The van der Waals surface area contributed by atoms with E-state index in [2.05, 4.69) is 120 Å². The summed E-state index contributed by atoms with van der Waals surface area (Å²) < 4.78 is 2.15. The Morgan fingerprint density at radius 2 is 1.50 bits per heavy atom. The first kappa shape index (κ1) is 32.3. The third-order valence-electron chi connectivity index (χ3n) is 10.3. The number of hydrogen-bond acceptors (Lipinski definition) is 4. The zero-order valence-corrected chi connectivity index (χ0v) is 28.9. The molecule has 5 nitrogen and oxygen atoms in total. The fourth-order valence-electron chi connectivity index (χ4n) is 8.00. The summed E-state index contributed by atoms with van der Waals surface area (Å²) in [5.74, 6) is 0. The van der Waals surface area contributed by atoms with Crippen molar-refractivity contribution in [3.05, 3.63) is 173 Å². The van der Waals surface area contributed by atoms with Crippen LogP contribution in [0, 0.1) is 34.0 Å². The third-order valence-corrected chi connectivity index (χ3v) is 10.3. The predicted octanol–water partition coefficient (Wildman–Crippen LogP) is 10.7. The van der Waals surface area contributed by atoms with Gasteiger partial charge in [0.15, 0.2) is 0 Å². The van der Waals surface area contributed by atoms with Crippen molar-refractivity contribution in [2.45, 2.75) is 38.3 Å². The second-order valence-corrected chi connectivity index (χ2v) is 13.2. The Balaban J connectivity index is 1.29. The molecule has 2 aliphatic rings. The Hall–Kier alpha value is -6.87. The molecule has 2 atom stereocenters. The van der Waals surface area contributed by atoms with E-state index in [0.29, 0.717) is 16.7 Å². The molecule has 0 saturated heterocycles. The minimum absolute atomic E-state index is 0.0987. The van der Waals surface area contributed by atoms with Gasteiger partial charge in [-0.1, -0.05) is 110 Å². The second kappa shape index (κ2) is 13.8. The number of nitrogens with zero attached hydrogens (tertiary/aromatic N) is 5. The fraction of sp³-hybridized carbons (Fsp3) is 0.128. The summed E-state index contributed by atoms with van der Waals surface area (Å²) in [5.41, 5.74) is 10.5. The molecule has 0 spiro atoms. The molecule has 5 heteroatoms. The summed E-state index contributed by atoms with van der Waals surface area (Å²) >= 11 is 0. The molecule has 0 bridgehead atoms. The van der Waals surface area contributed by atoms with Crippen LogP contribution in [-0.4, -0.2) is 16.7 Å². The van der Waals surface area contributed by atoms with Gasteiger partial charge in [0.2, 0.25) is 0 Å². The van der Waals surface area contributed by atoms with Crippen LogP contribution >= 0.6 is 0 Å². The lowest BCUT2D eigenvalue weighted by molar-refractivity contribution is 0.601. The van der Waals surface area contributed by atoms with Gasteiger partial charge in [0.1, 0.15) is 6.07 Å². The van der Waals surface area contributed by atoms with Gasteiger partial charge in [-0.15, -0.1) is 0 Å². The maximum absolute atomic E-state index is 10.9. The molecule has 0 saturated carbocycles. The van der Waals surface area contributed by atoms with E-state index < -0.39 is 0 Å². The first-order valence-electron chi connectivity index (χ1n) is 17.7. The van der Waals surface area contributed by atoms with E-state index in [1.54, 1.807) is 0 Å². The van der Waals surface area contributed by atoms with Crippen molar-refractivity contribution in [3.63, 3.8) is 0 Å². The predicted molar refractivity (Wildman–Crippen MR) is 211 cm³/mol. The van der Waals surface area contributed by atoms with Gasteiger partial charge in [-0.3, -0.25) is 0 Å². The van der Waals surface area contributed by atoms with Crippen LogP contribution in [0.1, 0.15) is 47.6 Å². The minimum Gasteiger partial charge on any atom is -0.358 e. The van der Waals surface area contributed by atoms with Crippen molar-refractivity contribution >= 4 is 33.1 Å². The highest BCUT2D eigenvalue weighted by Crippen LogP contribution is 2.41. The lowest BCUT2D eigenvalue weighted by Gasteiger charge is -2.39. The van der Waals surface area contributed by atoms with Gasteiger partial charge in [-0.2, -0.15) is 15.8 Å². The van der Waals surface area contributed by atoms with Gasteiger partial charge in [0.05, 0.1) is 51.6 Å². The number of aromatic nitrogens is 1. The van der Waals surface area contributed by atoms with Crippen molar-refractivity contribution in [1.29, 1.82) is 15.8 Å². The maximum Gasteiger partial charge on any atom is 0.100 e. The summed E-state index contributed by atoms with van der Waals surface area (Å²) in [6, 6.07) is 41.8. The third kappa shape index (κ3) is 5.49. The van der Waals surface area contributed by atoms with Crippen molar-refractivity contribution in [1.82, 2.24) is 4.57 Å². The van der Waals surface area contributed by atoms with Gasteiger partial charge >= 0.3 is 0 Å². The number of fused-ring (bicyclic) bond motifs is 4. The smallest absolute Gasteiger partial charge is 0.100 e. The first-order chi connectivity index (χ1) is 25.6. The van der Waals surface area contributed by atoms with Gasteiger partial charge in [0, 0.05) is 33.6 Å². The van der Waals surface area contributed by atoms with Crippen LogP contribution in [0.2, 0.25) is 0 Å². The molecule has 2 unspecified atom stereocenters. The lowest BCUT2D eigenvalue weighted by Crippen LogP contribution is -2.42. The van der Waals surface area contributed by atoms with Crippen molar-refractivity contribution < 1.29 is 0 Å². The van der Waals surface area contributed by atoms with Gasteiger partial charge < -0.3 is 9.47 Å². The molecule has 1 aliphatic heterocycles. The number of rotatable bonds is 5. The molecule has 0 radical (unpaired) electrons. The molecule has 1 aliphatic carbocycles. The van der Waals surface area contributed by atoms with Gasteiger partial charge in [-0.25, -0.2) is 0 Å². The van der Waals surface area contributed by atoms with Crippen LogP contribution in [0.15, 0.2) is 146 Å². The molecular weight excluding hydrogens is 635 g/mol. The Labute approximate surface area is 304 Å². The SMILES string of the molecule is CCC1/C=C\C=C/Cc2ccccc2N1C1C=C(c2cccc(-c3ccccc3-n3c4ccc(C#N)cc4c4c(C#N)cccc43)c2C#N)C=CC1.